The summed E-state index contributed by atoms with van der Waals surface area (Å²) in [5.74, 6) is 0.943. The van der Waals surface area contributed by atoms with Gasteiger partial charge in [0.2, 0.25) is 11.9 Å². The van der Waals surface area contributed by atoms with Crippen LogP contribution in [0.5, 0.6) is 0 Å². The highest BCUT2D eigenvalue weighted by Gasteiger charge is 2.53. The number of halogens is 1. The van der Waals surface area contributed by atoms with Crippen molar-refractivity contribution in [3.05, 3.63) is 58.7 Å². The van der Waals surface area contributed by atoms with Gasteiger partial charge in [-0.2, -0.15) is 4.98 Å². The van der Waals surface area contributed by atoms with Gasteiger partial charge in [-0.3, -0.25) is 4.79 Å². The van der Waals surface area contributed by atoms with Crippen molar-refractivity contribution in [3.8, 4) is 0 Å². The van der Waals surface area contributed by atoms with Gasteiger partial charge in [0.05, 0.1) is 25.7 Å². The molecule has 1 fully saturated rings. The van der Waals surface area contributed by atoms with E-state index in [-0.39, 0.29) is 10.8 Å². The lowest BCUT2D eigenvalue weighted by molar-refractivity contribution is -0.125. The minimum atomic E-state index is -3.49. The highest BCUT2D eigenvalue weighted by atomic mass is 79.9. The van der Waals surface area contributed by atoms with Crippen LogP contribution in [-0.2, 0) is 20.0 Å². The van der Waals surface area contributed by atoms with E-state index in [0.29, 0.717) is 21.9 Å². The molecule has 0 radical (unpaired) electrons. The number of aromatic nitrogens is 2. The van der Waals surface area contributed by atoms with E-state index in [1.807, 2.05) is 25.2 Å². The number of para-hydroxylation sites is 1. The van der Waals surface area contributed by atoms with Crippen molar-refractivity contribution in [3.63, 3.8) is 0 Å². The van der Waals surface area contributed by atoms with Gasteiger partial charge in [0.15, 0.2) is 9.84 Å². The molecule has 35 heavy (non-hydrogen) atoms. The Labute approximate surface area is 213 Å². The maximum absolute atomic E-state index is 12.9. The topological polar surface area (TPSA) is 104 Å². The molecule has 5 rings (SSSR count). The van der Waals surface area contributed by atoms with E-state index in [1.165, 1.54) is 0 Å². The predicted molar refractivity (Wildman–Crippen MR) is 140 cm³/mol. The maximum Gasteiger partial charge on any atom is 0.237 e. The molecule has 2 heterocycles. The number of rotatable bonds is 6. The van der Waals surface area contributed by atoms with Crippen LogP contribution in [0.4, 0.5) is 28.8 Å². The summed E-state index contributed by atoms with van der Waals surface area (Å²) < 4.78 is 26.3. The molecule has 2 aliphatic rings. The number of likely N-dealkylation sites (N-methyl/N-ethyl adjacent to an activating group) is 1. The summed E-state index contributed by atoms with van der Waals surface area (Å²) >= 11 is 3.46. The van der Waals surface area contributed by atoms with Crippen LogP contribution < -0.4 is 15.5 Å². The fraction of sp³-hybridized carbons (Fsp3) is 0.320. The van der Waals surface area contributed by atoms with E-state index < -0.39 is 20.5 Å². The summed E-state index contributed by atoms with van der Waals surface area (Å²) in [6.07, 6.45) is 4.40. The fourth-order valence-corrected chi connectivity index (χ4v) is 6.18. The van der Waals surface area contributed by atoms with Crippen LogP contribution in [0.25, 0.3) is 0 Å². The number of hydrogen-bond acceptors (Lipinski definition) is 7. The number of nitrogens with one attached hydrogen (secondary N) is 2. The summed E-state index contributed by atoms with van der Waals surface area (Å²) in [4.78, 5) is 23.8. The highest BCUT2D eigenvalue weighted by molar-refractivity contribution is 9.10. The lowest BCUT2D eigenvalue weighted by Gasteiger charge is -2.36. The Bertz CT molecular complexity index is 1440. The van der Waals surface area contributed by atoms with E-state index in [0.717, 1.165) is 36.2 Å². The summed E-state index contributed by atoms with van der Waals surface area (Å²) in [7, 11) is -1.66. The van der Waals surface area contributed by atoms with Crippen molar-refractivity contribution in [1.29, 1.82) is 0 Å². The Morgan fingerprint density at radius 2 is 1.86 bits per heavy atom. The first kappa shape index (κ1) is 23.7. The lowest BCUT2D eigenvalue weighted by Crippen LogP contribution is -2.43. The number of fused-ring (bicyclic) bond motifs is 2. The van der Waals surface area contributed by atoms with Gasteiger partial charge in [-0.05, 0) is 78.5 Å². The van der Waals surface area contributed by atoms with Gasteiger partial charge >= 0.3 is 0 Å². The zero-order chi connectivity index (χ0) is 25.0. The molecule has 10 heteroatoms. The number of sulfone groups is 1. The van der Waals surface area contributed by atoms with Gasteiger partial charge in [0.25, 0.3) is 0 Å². The largest absolute Gasteiger partial charge is 0.338 e. The van der Waals surface area contributed by atoms with Crippen LogP contribution in [-0.4, -0.2) is 36.6 Å². The number of benzene rings is 2. The average molecular weight is 556 g/mol. The Kier molecular flexibility index (Phi) is 5.83. The minimum Gasteiger partial charge on any atom is -0.338 e. The summed E-state index contributed by atoms with van der Waals surface area (Å²) in [6.45, 7) is 3.31. The van der Waals surface area contributed by atoms with Crippen LogP contribution in [0.2, 0.25) is 0 Å². The summed E-state index contributed by atoms with van der Waals surface area (Å²) in [5.41, 5.74) is 2.82. The SMILES string of the molecule is CC(C)S(=O)(=O)c1ccccc1Nc1nc(Nc2ccc3c(c2)C2(CCC2)C(=O)N3C)ncc1Br. The Balaban J connectivity index is 1.44. The van der Waals surface area contributed by atoms with Crippen LogP contribution in [0.15, 0.2) is 58.0 Å². The molecule has 0 unspecified atom stereocenters. The quantitative estimate of drug-likeness (QED) is 0.424. The van der Waals surface area contributed by atoms with Crippen molar-refractivity contribution >= 4 is 60.5 Å². The zero-order valence-corrected chi connectivity index (χ0v) is 22.1. The summed E-state index contributed by atoms with van der Waals surface area (Å²) in [6, 6.07) is 12.6. The van der Waals surface area contributed by atoms with E-state index >= 15 is 0 Å². The van der Waals surface area contributed by atoms with Gasteiger partial charge in [0, 0.05) is 24.6 Å². The first-order valence-corrected chi connectivity index (χ1v) is 13.8. The minimum absolute atomic E-state index is 0.164. The first-order chi connectivity index (χ1) is 16.6. The Hall–Kier alpha value is -2.98. The van der Waals surface area contributed by atoms with Gasteiger partial charge in [0.1, 0.15) is 5.82 Å². The molecule has 2 N–H and O–H groups in total. The second-order valence-corrected chi connectivity index (χ2v) is 12.6. The molecule has 1 amide bonds. The third kappa shape index (κ3) is 3.88. The fourth-order valence-electron chi connectivity index (χ4n) is 4.69. The molecule has 1 spiro atoms. The van der Waals surface area contributed by atoms with Crippen molar-refractivity contribution in [2.45, 2.75) is 48.7 Å². The normalized spacial score (nSPS) is 16.4. The number of nitrogens with zero attached hydrogens (tertiary/aromatic N) is 3. The number of hydrogen-bond donors (Lipinski definition) is 2. The molecule has 1 aromatic heterocycles. The molecule has 8 nitrogen and oxygen atoms in total. The maximum atomic E-state index is 12.9. The molecular formula is C25H26BrN5O3S. The summed E-state index contributed by atoms with van der Waals surface area (Å²) in [5, 5.41) is 5.82. The van der Waals surface area contributed by atoms with Crippen LogP contribution >= 0.6 is 15.9 Å². The van der Waals surface area contributed by atoms with Crippen LogP contribution in [0.1, 0.15) is 38.7 Å². The molecule has 3 aromatic rings. The lowest BCUT2D eigenvalue weighted by atomic mass is 9.65. The standard InChI is InChI=1S/C25H26BrN5O3S/c1-15(2)35(33,34)21-8-5-4-7-19(21)29-22-18(26)14-27-24(30-22)28-16-9-10-20-17(13-16)25(11-6-12-25)23(32)31(20)3/h4-5,7-10,13-15H,6,11-12H2,1-3H3,(H2,27,28,29,30). The van der Waals surface area contributed by atoms with Crippen molar-refractivity contribution < 1.29 is 13.2 Å². The van der Waals surface area contributed by atoms with Crippen LogP contribution in [0.3, 0.4) is 0 Å². The highest BCUT2D eigenvalue weighted by Crippen LogP contribution is 2.53. The van der Waals surface area contributed by atoms with E-state index in [9.17, 15) is 13.2 Å². The zero-order valence-electron chi connectivity index (χ0n) is 19.7. The van der Waals surface area contributed by atoms with Crippen molar-refractivity contribution in [1.82, 2.24) is 9.97 Å². The Morgan fingerprint density at radius 3 is 2.54 bits per heavy atom. The van der Waals surface area contributed by atoms with Crippen molar-refractivity contribution in [2.75, 3.05) is 22.6 Å². The molecule has 1 saturated carbocycles. The van der Waals surface area contributed by atoms with Gasteiger partial charge < -0.3 is 15.5 Å². The molecule has 0 bridgehead atoms. The first-order valence-electron chi connectivity index (χ1n) is 11.5. The van der Waals surface area contributed by atoms with Crippen molar-refractivity contribution in [2.24, 2.45) is 0 Å². The van der Waals surface area contributed by atoms with Gasteiger partial charge in [-0.25, -0.2) is 13.4 Å². The predicted octanol–water partition coefficient (Wildman–Crippen LogP) is 5.31. The third-order valence-corrected chi connectivity index (χ3v) is 9.65. The second-order valence-electron chi connectivity index (χ2n) is 9.26. The molecule has 0 atom stereocenters. The number of carbonyl (C=O) groups is 1. The molecular weight excluding hydrogens is 530 g/mol. The monoisotopic (exact) mass is 555 g/mol. The van der Waals surface area contributed by atoms with E-state index in [4.69, 9.17) is 0 Å². The number of anilines is 5. The third-order valence-electron chi connectivity index (χ3n) is 6.86. The van der Waals surface area contributed by atoms with Gasteiger partial charge in [-0.1, -0.05) is 18.6 Å². The molecule has 0 saturated heterocycles. The molecule has 1 aliphatic heterocycles. The number of amides is 1. The molecule has 1 aliphatic carbocycles. The van der Waals surface area contributed by atoms with Gasteiger partial charge in [-0.15, -0.1) is 0 Å². The number of carbonyl (C=O) groups excluding carboxylic acids is 1. The molecule has 2 aromatic carbocycles. The van der Waals surface area contributed by atoms with E-state index in [2.05, 4.69) is 36.5 Å². The second kappa shape index (κ2) is 8.60. The Morgan fingerprint density at radius 1 is 1.11 bits per heavy atom. The molecule has 182 valence electrons. The smallest absolute Gasteiger partial charge is 0.237 e. The van der Waals surface area contributed by atoms with Crippen LogP contribution in [0, 0.1) is 0 Å². The average Bonchev–Trinajstić information content (AvgIpc) is 3.02. The van der Waals surface area contributed by atoms with E-state index in [1.54, 1.807) is 49.2 Å².